The molecule has 4 aromatic rings. The Morgan fingerprint density at radius 3 is 2.56 bits per heavy atom. The van der Waals surface area contributed by atoms with E-state index in [2.05, 4.69) is 92.6 Å². The Balaban J connectivity index is 1.69. The molecule has 1 aliphatic rings. The third-order valence-corrected chi connectivity index (χ3v) is 7.63. The smallest absolute Gasteiger partial charge is 0.135 e. The molecule has 176 valence electrons. The molecule has 0 unspecified atom stereocenters. The maximum Gasteiger partial charge on any atom is 0.135 e. The lowest BCUT2D eigenvalue weighted by atomic mass is 9.94. The van der Waals surface area contributed by atoms with Crippen molar-refractivity contribution >= 4 is 16.7 Å². The molecule has 0 amide bonds. The van der Waals surface area contributed by atoms with Crippen LogP contribution in [0.2, 0.25) is 0 Å². The van der Waals surface area contributed by atoms with Crippen LogP contribution in [0.4, 0.5) is 5.69 Å². The van der Waals surface area contributed by atoms with Crippen LogP contribution in [0.25, 0.3) is 22.2 Å². The van der Waals surface area contributed by atoms with Gasteiger partial charge in [-0.3, -0.25) is 0 Å². The van der Waals surface area contributed by atoms with Crippen LogP contribution in [0.5, 0.6) is 5.75 Å². The summed E-state index contributed by atoms with van der Waals surface area (Å²) >= 11 is 0. The molecular weight excluding hydrogens is 418 g/mol. The summed E-state index contributed by atoms with van der Waals surface area (Å²) in [5.41, 5.74) is 9.74. The van der Waals surface area contributed by atoms with E-state index in [1.807, 2.05) is 6.07 Å². The summed E-state index contributed by atoms with van der Waals surface area (Å²) < 4.78 is 7.96. The minimum Gasteiger partial charge on any atom is -0.497 e. The summed E-state index contributed by atoms with van der Waals surface area (Å²) in [6.45, 7) is 13.1. The summed E-state index contributed by atoms with van der Waals surface area (Å²) in [5.74, 6) is 2.05. The number of aryl methyl sites for hydroxylation is 4. The number of anilines is 1. The quantitative estimate of drug-likeness (QED) is 0.321. The molecular formula is C30H35N3O. The minimum atomic E-state index is -0.182. The number of hydrogen-bond donors (Lipinski definition) is 0. The Hall–Kier alpha value is -3.27. The summed E-state index contributed by atoms with van der Waals surface area (Å²) in [6, 6.07) is 19.7. The molecule has 0 aliphatic carbocycles. The highest BCUT2D eigenvalue weighted by Gasteiger charge is 2.43. The number of hydrogen-bond acceptors (Lipinski definition) is 3. The van der Waals surface area contributed by atoms with Crippen LogP contribution in [-0.4, -0.2) is 23.2 Å². The van der Waals surface area contributed by atoms with E-state index in [0.29, 0.717) is 0 Å². The fourth-order valence-corrected chi connectivity index (χ4v) is 5.59. The van der Waals surface area contributed by atoms with Crippen molar-refractivity contribution in [2.45, 2.75) is 59.5 Å². The fraction of sp³-hybridized carbons (Fsp3) is 0.367. The third-order valence-electron chi connectivity index (χ3n) is 7.63. The number of imidazole rings is 1. The van der Waals surface area contributed by atoms with Gasteiger partial charge in [-0.05, 0) is 100 Å². The molecule has 1 aromatic heterocycles. The Bertz CT molecular complexity index is 1370. The number of rotatable bonds is 5. The molecule has 1 fully saturated rings. The van der Waals surface area contributed by atoms with Crippen LogP contribution in [0.1, 0.15) is 49.2 Å². The monoisotopic (exact) mass is 453 g/mol. The van der Waals surface area contributed by atoms with E-state index in [9.17, 15) is 0 Å². The maximum atomic E-state index is 5.53. The van der Waals surface area contributed by atoms with Crippen molar-refractivity contribution in [3.05, 3.63) is 77.1 Å². The van der Waals surface area contributed by atoms with E-state index < -0.39 is 0 Å². The normalized spacial score (nSPS) is 18.1. The fourth-order valence-electron chi connectivity index (χ4n) is 5.59. The van der Waals surface area contributed by atoms with Gasteiger partial charge < -0.3 is 14.2 Å². The number of nitrogens with zero attached hydrogens (tertiary/aromatic N) is 3. The van der Waals surface area contributed by atoms with Crippen LogP contribution < -0.4 is 9.64 Å². The molecule has 34 heavy (non-hydrogen) atoms. The molecule has 0 N–H and O–H groups in total. The average molecular weight is 454 g/mol. The average Bonchev–Trinajstić information content (AvgIpc) is 3.40. The van der Waals surface area contributed by atoms with Crippen LogP contribution in [0, 0.1) is 20.8 Å². The van der Waals surface area contributed by atoms with Crippen LogP contribution in [-0.2, 0) is 12.1 Å². The van der Waals surface area contributed by atoms with Crippen molar-refractivity contribution in [3.63, 3.8) is 0 Å². The predicted octanol–water partition coefficient (Wildman–Crippen LogP) is 7.17. The van der Waals surface area contributed by atoms with E-state index >= 15 is 0 Å². The summed E-state index contributed by atoms with van der Waals surface area (Å²) in [4.78, 5) is 7.87. The van der Waals surface area contributed by atoms with E-state index in [1.54, 1.807) is 7.11 Å². The van der Waals surface area contributed by atoms with E-state index in [4.69, 9.17) is 9.72 Å². The Morgan fingerprint density at radius 1 is 1.00 bits per heavy atom. The van der Waals surface area contributed by atoms with Gasteiger partial charge in [-0.15, -0.1) is 0 Å². The highest BCUT2D eigenvalue weighted by Crippen LogP contribution is 2.46. The zero-order valence-corrected chi connectivity index (χ0v) is 21.3. The molecule has 0 spiro atoms. The molecule has 2 heterocycles. The maximum absolute atomic E-state index is 5.53. The third kappa shape index (κ3) is 3.56. The van der Waals surface area contributed by atoms with Crippen molar-refractivity contribution in [2.75, 3.05) is 18.6 Å². The first-order valence-electron chi connectivity index (χ1n) is 12.4. The number of fused-ring (bicyclic) bond motifs is 1. The van der Waals surface area contributed by atoms with Gasteiger partial charge >= 0.3 is 0 Å². The van der Waals surface area contributed by atoms with Gasteiger partial charge in [0, 0.05) is 24.3 Å². The van der Waals surface area contributed by atoms with Crippen molar-refractivity contribution in [3.8, 4) is 16.9 Å². The molecule has 3 aromatic carbocycles. The van der Waals surface area contributed by atoms with Crippen LogP contribution in [0.3, 0.4) is 0 Å². The highest BCUT2D eigenvalue weighted by atomic mass is 16.5. The molecule has 4 nitrogen and oxygen atoms in total. The molecule has 5 rings (SSSR count). The minimum absolute atomic E-state index is 0.182. The second-order valence-corrected chi connectivity index (χ2v) is 9.89. The molecule has 1 saturated heterocycles. The second-order valence-electron chi connectivity index (χ2n) is 9.89. The van der Waals surface area contributed by atoms with E-state index in [0.717, 1.165) is 37.2 Å². The van der Waals surface area contributed by atoms with Crippen molar-refractivity contribution in [2.24, 2.45) is 0 Å². The zero-order valence-electron chi connectivity index (χ0n) is 21.3. The second kappa shape index (κ2) is 8.50. The Labute approximate surface area is 203 Å². The standard InChI is InChI=1S/C30H35N3O/c1-7-32-28-18-22(4)21(3)17-26(28)31-29(32)30(5)14-9-15-33(30)27-16-20(2)12-13-25(27)23-10-8-11-24(19-23)34-6/h8,10-13,16-19H,7,9,14-15H2,1-6H3/t30-/m0/s1. The van der Waals surface area contributed by atoms with Crippen molar-refractivity contribution in [1.82, 2.24) is 9.55 Å². The largest absolute Gasteiger partial charge is 0.497 e. The van der Waals surface area contributed by atoms with E-state index in [-0.39, 0.29) is 5.54 Å². The summed E-state index contributed by atoms with van der Waals surface area (Å²) in [6.07, 6.45) is 2.23. The molecule has 0 saturated carbocycles. The van der Waals surface area contributed by atoms with E-state index in [1.165, 1.54) is 44.8 Å². The topological polar surface area (TPSA) is 30.3 Å². The highest BCUT2D eigenvalue weighted by molar-refractivity contribution is 5.82. The molecule has 1 aliphatic heterocycles. The number of ether oxygens (including phenoxy) is 1. The van der Waals surface area contributed by atoms with Gasteiger partial charge in [0.2, 0.25) is 0 Å². The van der Waals surface area contributed by atoms with Gasteiger partial charge in [-0.2, -0.15) is 0 Å². The van der Waals surface area contributed by atoms with Gasteiger partial charge in [0.1, 0.15) is 11.6 Å². The van der Waals surface area contributed by atoms with Gasteiger partial charge in [0.15, 0.2) is 0 Å². The summed E-state index contributed by atoms with van der Waals surface area (Å²) in [5, 5.41) is 0. The zero-order chi connectivity index (χ0) is 24.0. The van der Waals surface area contributed by atoms with Crippen LogP contribution >= 0.6 is 0 Å². The first-order valence-corrected chi connectivity index (χ1v) is 12.4. The molecule has 0 radical (unpaired) electrons. The van der Waals surface area contributed by atoms with Crippen molar-refractivity contribution < 1.29 is 4.74 Å². The lowest BCUT2D eigenvalue weighted by Gasteiger charge is -2.38. The first kappa shape index (κ1) is 22.5. The predicted molar refractivity (Wildman–Crippen MR) is 142 cm³/mol. The van der Waals surface area contributed by atoms with Gasteiger partial charge in [0.05, 0.1) is 23.7 Å². The van der Waals surface area contributed by atoms with Gasteiger partial charge in [0.25, 0.3) is 0 Å². The number of benzene rings is 3. The van der Waals surface area contributed by atoms with Crippen molar-refractivity contribution in [1.29, 1.82) is 0 Å². The number of aromatic nitrogens is 2. The number of methoxy groups -OCH3 is 1. The SMILES string of the molecule is CCn1c([C@]2(C)CCCN2c2cc(C)ccc2-c2cccc(OC)c2)nc2cc(C)c(C)cc21. The lowest BCUT2D eigenvalue weighted by Crippen LogP contribution is -2.41. The Kier molecular flexibility index (Phi) is 5.63. The van der Waals surface area contributed by atoms with Gasteiger partial charge in [-0.25, -0.2) is 4.98 Å². The first-order chi connectivity index (χ1) is 16.4. The Morgan fingerprint density at radius 2 is 1.79 bits per heavy atom. The lowest BCUT2D eigenvalue weighted by molar-refractivity contribution is 0.415. The van der Waals surface area contributed by atoms with Crippen LogP contribution in [0.15, 0.2) is 54.6 Å². The molecule has 0 bridgehead atoms. The molecule has 1 atom stereocenters. The van der Waals surface area contributed by atoms with Gasteiger partial charge in [-0.1, -0.05) is 24.3 Å². The summed E-state index contributed by atoms with van der Waals surface area (Å²) in [7, 11) is 1.73. The molecule has 4 heteroatoms.